The number of hydrogen-bond acceptors (Lipinski definition) is 4. The lowest BCUT2D eigenvalue weighted by molar-refractivity contribution is 0.287. The van der Waals surface area contributed by atoms with Crippen LogP contribution in [0.3, 0.4) is 0 Å². The predicted molar refractivity (Wildman–Crippen MR) is 70.4 cm³/mol. The minimum atomic E-state index is 0.488. The molecule has 18 heavy (non-hydrogen) atoms. The van der Waals surface area contributed by atoms with E-state index in [0.29, 0.717) is 17.1 Å². The van der Waals surface area contributed by atoms with Crippen LogP contribution in [0.25, 0.3) is 0 Å². The SMILES string of the molecule is N#CCN1CCN(c2ccc(C#N)c(Cl)c2)CC1. The third kappa shape index (κ3) is 2.73. The molecular weight excluding hydrogens is 248 g/mol. The van der Waals surface area contributed by atoms with Gasteiger partial charge in [-0.05, 0) is 18.2 Å². The minimum absolute atomic E-state index is 0.488. The fraction of sp³-hybridized carbons (Fsp3) is 0.385. The summed E-state index contributed by atoms with van der Waals surface area (Å²) < 4.78 is 0. The summed E-state index contributed by atoms with van der Waals surface area (Å²) in [6, 6.07) is 9.72. The van der Waals surface area contributed by atoms with Gasteiger partial charge in [-0.25, -0.2) is 0 Å². The van der Waals surface area contributed by atoms with Crippen molar-refractivity contribution >= 4 is 17.3 Å². The van der Waals surface area contributed by atoms with Crippen molar-refractivity contribution in [3.8, 4) is 12.1 Å². The topological polar surface area (TPSA) is 54.1 Å². The largest absolute Gasteiger partial charge is 0.369 e. The maximum atomic E-state index is 8.83. The maximum Gasteiger partial charge on any atom is 0.101 e. The molecule has 0 saturated carbocycles. The molecule has 1 aromatic rings. The minimum Gasteiger partial charge on any atom is -0.369 e. The number of nitrogens with zero attached hydrogens (tertiary/aromatic N) is 4. The fourth-order valence-corrected chi connectivity index (χ4v) is 2.27. The Balaban J connectivity index is 2.04. The van der Waals surface area contributed by atoms with Gasteiger partial charge in [0, 0.05) is 31.9 Å². The molecule has 1 fully saturated rings. The number of hydrogen-bond donors (Lipinski definition) is 0. The van der Waals surface area contributed by atoms with E-state index in [2.05, 4.69) is 21.9 Å². The van der Waals surface area contributed by atoms with Crippen molar-refractivity contribution in [3.63, 3.8) is 0 Å². The zero-order valence-corrected chi connectivity index (χ0v) is 10.7. The second-order valence-electron chi connectivity index (χ2n) is 4.20. The van der Waals surface area contributed by atoms with Gasteiger partial charge in [-0.3, -0.25) is 4.90 Å². The third-order valence-corrected chi connectivity index (χ3v) is 3.42. The fourth-order valence-electron chi connectivity index (χ4n) is 2.06. The van der Waals surface area contributed by atoms with Crippen LogP contribution >= 0.6 is 11.6 Å². The number of anilines is 1. The van der Waals surface area contributed by atoms with Crippen LogP contribution in [0.5, 0.6) is 0 Å². The summed E-state index contributed by atoms with van der Waals surface area (Å²) in [7, 11) is 0. The van der Waals surface area contributed by atoms with Crippen LogP contribution in [0.4, 0.5) is 5.69 Å². The van der Waals surface area contributed by atoms with Crippen molar-refractivity contribution in [1.29, 1.82) is 10.5 Å². The van der Waals surface area contributed by atoms with Crippen LogP contribution in [0, 0.1) is 22.7 Å². The van der Waals surface area contributed by atoms with Crippen molar-refractivity contribution in [1.82, 2.24) is 4.90 Å². The molecular formula is C13H13ClN4. The molecule has 1 aromatic carbocycles. The molecule has 0 spiro atoms. The molecule has 4 nitrogen and oxygen atoms in total. The van der Waals surface area contributed by atoms with Crippen LogP contribution in [-0.4, -0.2) is 37.6 Å². The van der Waals surface area contributed by atoms with Crippen LogP contribution < -0.4 is 4.90 Å². The van der Waals surface area contributed by atoms with Crippen molar-refractivity contribution in [2.75, 3.05) is 37.6 Å². The monoisotopic (exact) mass is 260 g/mol. The summed E-state index contributed by atoms with van der Waals surface area (Å²) in [6.07, 6.45) is 0. The van der Waals surface area contributed by atoms with E-state index in [1.165, 1.54) is 0 Å². The third-order valence-electron chi connectivity index (χ3n) is 3.10. The lowest BCUT2D eigenvalue weighted by atomic mass is 10.2. The van der Waals surface area contributed by atoms with Crippen molar-refractivity contribution in [2.45, 2.75) is 0 Å². The van der Waals surface area contributed by atoms with E-state index in [1.807, 2.05) is 12.1 Å². The molecule has 1 saturated heterocycles. The molecule has 0 aliphatic carbocycles. The first-order valence-corrected chi connectivity index (χ1v) is 6.16. The highest BCUT2D eigenvalue weighted by molar-refractivity contribution is 6.32. The van der Waals surface area contributed by atoms with E-state index in [-0.39, 0.29) is 0 Å². The summed E-state index contributed by atoms with van der Waals surface area (Å²) in [5.41, 5.74) is 1.54. The van der Waals surface area contributed by atoms with Crippen LogP contribution in [0.15, 0.2) is 18.2 Å². The average molecular weight is 261 g/mol. The van der Waals surface area contributed by atoms with Gasteiger partial charge in [-0.15, -0.1) is 0 Å². The highest BCUT2D eigenvalue weighted by Crippen LogP contribution is 2.24. The highest BCUT2D eigenvalue weighted by Gasteiger charge is 2.17. The van der Waals surface area contributed by atoms with E-state index in [0.717, 1.165) is 31.9 Å². The predicted octanol–water partition coefficient (Wildman–Crippen LogP) is 1.86. The summed E-state index contributed by atoms with van der Waals surface area (Å²) in [5.74, 6) is 0. The van der Waals surface area contributed by atoms with Crippen molar-refractivity contribution in [2.24, 2.45) is 0 Å². The molecule has 1 heterocycles. The van der Waals surface area contributed by atoms with Gasteiger partial charge in [0.15, 0.2) is 0 Å². The second-order valence-corrected chi connectivity index (χ2v) is 4.60. The summed E-state index contributed by atoms with van der Waals surface area (Å²) in [5, 5.41) is 18.0. The molecule has 5 heteroatoms. The Hall–Kier alpha value is -1.75. The number of nitriles is 2. The smallest absolute Gasteiger partial charge is 0.101 e. The molecule has 0 bridgehead atoms. The summed E-state index contributed by atoms with van der Waals surface area (Å²) in [6.45, 7) is 4.01. The zero-order valence-electron chi connectivity index (χ0n) is 9.93. The molecule has 1 aliphatic heterocycles. The van der Waals surface area contributed by atoms with Crippen LogP contribution in [0.2, 0.25) is 5.02 Å². The van der Waals surface area contributed by atoms with Crippen molar-refractivity contribution < 1.29 is 0 Å². The molecule has 2 rings (SSSR count). The second kappa shape index (κ2) is 5.73. The van der Waals surface area contributed by atoms with E-state index < -0.39 is 0 Å². The van der Waals surface area contributed by atoms with Gasteiger partial charge in [-0.2, -0.15) is 10.5 Å². The first kappa shape index (κ1) is 12.7. The lowest BCUT2D eigenvalue weighted by Crippen LogP contribution is -2.46. The Kier molecular flexibility index (Phi) is 4.04. The van der Waals surface area contributed by atoms with Gasteiger partial charge in [0.05, 0.1) is 23.2 Å². The van der Waals surface area contributed by atoms with Gasteiger partial charge < -0.3 is 4.90 Å². The first-order chi connectivity index (χ1) is 8.74. The normalized spacial score (nSPS) is 16.1. The van der Waals surface area contributed by atoms with Crippen LogP contribution in [0.1, 0.15) is 5.56 Å². The Morgan fingerprint density at radius 3 is 2.44 bits per heavy atom. The molecule has 92 valence electrons. The quantitative estimate of drug-likeness (QED) is 0.762. The molecule has 0 amide bonds. The van der Waals surface area contributed by atoms with E-state index in [4.69, 9.17) is 22.1 Å². The van der Waals surface area contributed by atoms with Gasteiger partial charge >= 0.3 is 0 Å². The molecule has 0 aromatic heterocycles. The first-order valence-electron chi connectivity index (χ1n) is 5.78. The Labute approximate surface area is 112 Å². The lowest BCUT2D eigenvalue weighted by Gasteiger charge is -2.35. The summed E-state index contributed by atoms with van der Waals surface area (Å²) in [4.78, 5) is 4.35. The summed E-state index contributed by atoms with van der Waals surface area (Å²) >= 11 is 6.02. The molecule has 0 radical (unpaired) electrons. The van der Waals surface area contributed by atoms with Crippen LogP contribution in [-0.2, 0) is 0 Å². The molecule has 0 atom stereocenters. The van der Waals surface area contributed by atoms with E-state index in [1.54, 1.807) is 6.07 Å². The van der Waals surface area contributed by atoms with Gasteiger partial charge in [0.25, 0.3) is 0 Å². The van der Waals surface area contributed by atoms with Gasteiger partial charge in [-0.1, -0.05) is 11.6 Å². The molecule has 1 aliphatic rings. The highest BCUT2D eigenvalue weighted by atomic mass is 35.5. The number of benzene rings is 1. The van der Waals surface area contributed by atoms with Gasteiger partial charge in [0.1, 0.15) is 6.07 Å². The maximum absolute atomic E-state index is 8.83. The van der Waals surface area contributed by atoms with E-state index in [9.17, 15) is 0 Å². The van der Waals surface area contributed by atoms with Crippen molar-refractivity contribution in [3.05, 3.63) is 28.8 Å². The number of halogens is 1. The standard InChI is InChI=1S/C13H13ClN4/c14-13-9-12(2-1-11(13)10-16)18-7-5-17(4-3-15)6-8-18/h1-2,9H,4-8H2. The zero-order chi connectivity index (χ0) is 13.0. The Morgan fingerprint density at radius 1 is 1.17 bits per heavy atom. The van der Waals surface area contributed by atoms with E-state index >= 15 is 0 Å². The Bertz CT molecular complexity index is 507. The Morgan fingerprint density at radius 2 is 1.89 bits per heavy atom. The van der Waals surface area contributed by atoms with Gasteiger partial charge in [0.2, 0.25) is 0 Å². The molecule has 0 unspecified atom stereocenters. The molecule has 0 N–H and O–H groups in total. The average Bonchev–Trinajstić information content (AvgIpc) is 2.40. The number of piperazine rings is 1. The number of rotatable bonds is 2.